The van der Waals surface area contributed by atoms with E-state index in [2.05, 4.69) is 4.90 Å². The lowest BCUT2D eigenvalue weighted by Gasteiger charge is -2.25. The van der Waals surface area contributed by atoms with E-state index in [9.17, 15) is 13.2 Å². The molecule has 2 aromatic carbocycles. The zero-order valence-electron chi connectivity index (χ0n) is 18.3. The number of hydrogen-bond donors (Lipinski definition) is 0. The van der Waals surface area contributed by atoms with Crippen LogP contribution >= 0.6 is 11.3 Å². The Labute approximate surface area is 192 Å². The molecule has 0 amide bonds. The van der Waals surface area contributed by atoms with Crippen LogP contribution in [-0.4, -0.2) is 49.9 Å². The number of anilines is 1. The number of ether oxygens (including phenoxy) is 1. The molecule has 7 nitrogen and oxygen atoms in total. The molecule has 0 spiro atoms. The third kappa shape index (κ3) is 4.65. The molecule has 32 heavy (non-hydrogen) atoms. The highest BCUT2D eigenvalue weighted by Gasteiger charge is 2.22. The van der Waals surface area contributed by atoms with E-state index in [1.54, 1.807) is 31.3 Å². The van der Waals surface area contributed by atoms with Gasteiger partial charge in [-0.1, -0.05) is 25.2 Å². The van der Waals surface area contributed by atoms with Crippen LogP contribution in [0.3, 0.4) is 0 Å². The Morgan fingerprint density at radius 2 is 1.75 bits per heavy atom. The zero-order valence-corrected chi connectivity index (χ0v) is 19.9. The second-order valence-electron chi connectivity index (χ2n) is 7.68. The summed E-state index contributed by atoms with van der Waals surface area (Å²) in [6.07, 6.45) is 3.64. The molecule has 0 atom stereocenters. The first-order valence-corrected chi connectivity index (χ1v) is 13.2. The number of rotatable bonds is 7. The summed E-state index contributed by atoms with van der Waals surface area (Å²) in [5, 5.41) is 1.01. The standard InChI is InChI=1S/C23H27N3O4S2/c1-3-26(4-2)32(28,29)19-11-8-17(9-12-19)22(27)30-18-10-13-20-21(16-18)31-23(24-20)25-14-6-5-7-15-25/h8-13,16H,3-7,14-15H2,1-2H3. The van der Waals surface area contributed by atoms with E-state index in [1.165, 1.54) is 47.8 Å². The quantitative estimate of drug-likeness (QED) is 0.370. The number of carbonyl (C=O) groups excluding carboxylic acids is 1. The van der Waals surface area contributed by atoms with Gasteiger partial charge in [-0.2, -0.15) is 4.31 Å². The van der Waals surface area contributed by atoms with Crippen molar-refractivity contribution in [3.05, 3.63) is 48.0 Å². The number of fused-ring (bicyclic) bond motifs is 1. The molecule has 1 aliphatic rings. The van der Waals surface area contributed by atoms with Crippen LogP contribution in [-0.2, 0) is 10.0 Å². The molecule has 2 heterocycles. The fourth-order valence-corrected chi connectivity index (χ4v) is 6.32. The number of aromatic nitrogens is 1. The highest BCUT2D eigenvalue weighted by atomic mass is 32.2. The number of nitrogens with zero attached hydrogens (tertiary/aromatic N) is 3. The van der Waals surface area contributed by atoms with Crippen molar-refractivity contribution in [2.45, 2.75) is 38.0 Å². The van der Waals surface area contributed by atoms with Crippen molar-refractivity contribution in [3.8, 4) is 5.75 Å². The summed E-state index contributed by atoms with van der Waals surface area (Å²) in [6, 6.07) is 11.3. The Morgan fingerprint density at radius 1 is 1.06 bits per heavy atom. The first-order chi connectivity index (χ1) is 15.4. The molecule has 1 aliphatic heterocycles. The van der Waals surface area contributed by atoms with Crippen molar-refractivity contribution < 1.29 is 17.9 Å². The average Bonchev–Trinajstić information content (AvgIpc) is 3.24. The van der Waals surface area contributed by atoms with Gasteiger partial charge in [-0.15, -0.1) is 0 Å². The molecule has 1 aromatic heterocycles. The van der Waals surface area contributed by atoms with Crippen molar-refractivity contribution in [1.82, 2.24) is 9.29 Å². The monoisotopic (exact) mass is 473 g/mol. The number of piperidine rings is 1. The molecule has 4 rings (SSSR count). The van der Waals surface area contributed by atoms with Gasteiger partial charge in [-0.3, -0.25) is 0 Å². The van der Waals surface area contributed by atoms with E-state index in [0.717, 1.165) is 28.4 Å². The van der Waals surface area contributed by atoms with Crippen LogP contribution < -0.4 is 9.64 Å². The Hall–Kier alpha value is -2.49. The van der Waals surface area contributed by atoms with Crippen molar-refractivity contribution in [2.75, 3.05) is 31.1 Å². The summed E-state index contributed by atoms with van der Waals surface area (Å²) in [6.45, 7) is 6.43. The number of esters is 1. The van der Waals surface area contributed by atoms with Gasteiger partial charge in [0.15, 0.2) is 5.13 Å². The van der Waals surface area contributed by atoms with E-state index in [-0.39, 0.29) is 4.90 Å². The first-order valence-electron chi connectivity index (χ1n) is 10.9. The van der Waals surface area contributed by atoms with Crippen molar-refractivity contribution in [1.29, 1.82) is 0 Å². The van der Waals surface area contributed by atoms with Gasteiger partial charge in [0, 0.05) is 32.2 Å². The minimum Gasteiger partial charge on any atom is -0.423 e. The first kappa shape index (κ1) is 22.7. The van der Waals surface area contributed by atoms with Crippen LogP contribution in [0.15, 0.2) is 47.4 Å². The molecule has 0 N–H and O–H groups in total. The molecular weight excluding hydrogens is 446 g/mol. The third-order valence-corrected chi connectivity index (χ3v) is 8.76. The summed E-state index contributed by atoms with van der Waals surface area (Å²) in [5.41, 5.74) is 1.18. The summed E-state index contributed by atoms with van der Waals surface area (Å²) in [7, 11) is -3.56. The molecule has 0 bridgehead atoms. The molecular formula is C23H27N3O4S2. The number of thiazole rings is 1. The summed E-state index contributed by atoms with van der Waals surface area (Å²) in [5.74, 6) is -0.0897. The topological polar surface area (TPSA) is 79.8 Å². The molecule has 1 fully saturated rings. The maximum atomic E-state index is 12.6. The maximum Gasteiger partial charge on any atom is 0.343 e. The largest absolute Gasteiger partial charge is 0.423 e. The number of hydrogen-bond acceptors (Lipinski definition) is 7. The van der Waals surface area contributed by atoms with Gasteiger partial charge >= 0.3 is 5.97 Å². The van der Waals surface area contributed by atoms with Crippen LogP contribution in [0.2, 0.25) is 0 Å². The normalized spacial score (nSPS) is 14.8. The second kappa shape index (κ2) is 9.56. The highest BCUT2D eigenvalue weighted by Crippen LogP contribution is 2.33. The zero-order chi connectivity index (χ0) is 22.7. The maximum absolute atomic E-state index is 12.6. The van der Waals surface area contributed by atoms with Gasteiger partial charge in [0.05, 0.1) is 20.7 Å². The summed E-state index contributed by atoms with van der Waals surface area (Å²) in [4.78, 5) is 19.8. The molecule has 0 saturated carbocycles. The predicted octanol–water partition coefficient (Wildman–Crippen LogP) is 4.54. The Morgan fingerprint density at radius 3 is 2.41 bits per heavy atom. The van der Waals surface area contributed by atoms with E-state index < -0.39 is 16.0 Å². The van der Waals surface area contributed by atoms with E-state index >= 15 is 0 Å². The molecule has 3 aromatic rings. The average molecular weight is 474 g/mol. The van der Waals surface area contributed by atoms with Gasteiger partial charge in [0.1, 0.15) is 5.75 Å². The van der Waals surface area contributed by atoms with E-state index in [1.807, 2.05) is 12.1 Å². The molecule has 9 heteroatoms. The fourth-order valence-electron chi connectivity index (χ4n) is 3.82. The molecule has 0 unspecified atom stereocenters. The van der Waals surface area contributed by atoms with Crippen LogP contribution in [0.1, 0.15) is 43.5 Å². The minimum absolute atomic E-state index is 0.161. The molecule has 170 valence electrons. The lowest BCUT2D eigenvalue weighted by atomic mass is 10.1. The third-order valence-electron chi connectivity index (χ3n) is 5.62. The fraction of sp³-hybridized carbons (Fsp3) is 0.391. The van der Waals surface area contributed by atoms with Crippen molar-refractivity contribution >= 4 is 42.7 Å². The Bertz CT molecular complexity index is 1200. The molecule has 1 saturated heterocycles. The number of benzene rings is 2. The second-order valence-corrected chi connectivity index (χ2v) is 10.6. The molecule has 0 radical (unpaired) electrons. The Balaban J connectivity index is 1.48. The lowest BCUT2D eigenvalue weighted by molar-refractivity contribution is 0.0735. The Kier molecular flexibility index (Phi) is 6.78. The number of sulfonamides is 1. The van der Waals surface area contributed by atoms with E-state index in [0.29, 0.717) is 24.4 Å². The number of carbonyl (C=O) groups is 1. The van der Waals surface area contributed by atoms with Gasteiger partial charge in [-0.05, 0) is 55.7 Å². The SMILES string of the molecule is CCN(CC)S(=O)(=O)c1ccc(C(=O)Oc2ccc3nc(N4CCCCC4)sc3c2)cc1. The van der Waals surface area contributed by atoms with Crippen molar-refractivity contribution in [2.24, 2.45) is 0 Å². The van der Waals surface area contributed by atoms with Gasteiger partial charge in [-0.25, -0.2) is 18.2 Å². The smallest absolute Gasteiger partial charge is 0.343 e. The molecule has 0 aliphatic carbocycles. The minimum atomic E-state index is -3.56. The van der Waals surface area contributed by atoms with Crippen molar-refractivity contribution in [3.63, 3.8) is 0 Å². The van der Waals surface area contributed by atoms with Crippen LogP contribution in [0, 0.1) is 0 Å². The van der Waals surface area contributed by atoms with Gasteiger partial charge in [0.25, 0.3) is 0 Å². The van der Waals surface area contributed by atoms with E-state index in [4.69, 9.17) is 9.72 Å². The summed E-state index contributed by atoms with van der Waals surface area (Å²) < 4.78 is 33.1. The predicted molar refractivity (Wildman–Crippen MR) is 127 cm³/mol. The van der Waals surface area contributed by atoms with Gasteiger partial charge < -0.3 is 9.64 Å². The lowest BCUT2D eigenvalue weighted by Crippen LogP contribution is -2.30. The summed E-state index contributed by atoms with van der Waals surface area (Å²) >= 11 is 1.60. The highest BCUT2D eigenvalue weighted by molar-refractivity contribution is 7.89. The van der Waals surface area contributed by atoms with Crippen LogP contribution in [0.5, 0.6) is 5.75 Å². The van der Waals surface area contributed by atoms with Crippen LogP contribution in [0.25, 0.3) is 10.2 Å². The van der Waals surface area contributed by atoms with Crippen LogP contribution in [0.4, 0.5) is 5.13 Å². The van der Waals surface area contributed by atoms with Gasteiger partial charge in [0.2, 0.25) is 10.0 Å².